The van der Waals surface area contributed by atoms with Gasteiger partial charge in [0.05, 0.1) is 6.04 Å². The fraction of sp³-hybridized carbons (Fsp3) is 0.188. The van der Waals surface area contributed by atoms with Crippen LogP contribution in [0.2, 0.25) is 5.02 Å². The van der Waals surface area contributed by atoms with Gasteiger partial charge in [-0.3, -0.25) is 4.79 Å². The van der Waals surface area contributed by atoms with Crippen molar-refractivity contribution in [2.75, 3.05) is 12.9 Å². The quantitative estimate of drug-likeness (QED) is 0.769. The predicted molar refractivity (Wildman–Crippen MR) is 83.2 cm³/mol. The molecule has 2 nitrogen and oxygen atoms in total. The van der Waals surface area contributed by atoms with E-state index >= 15 is 0 Å². The summed E-state index contributed by atoms with van der Waals surface area (Å²) in [7, 11) is 1.67. The zero-order valence-corrected chi connectivity index (χ0v) is 12.9. The lowest BCUT2D eigenvalue weighted by molar-refractivity contribution is -0.128. The van der Waals surface area contributed by atoms with Gasteiger partial charge >= 0.3 is 0 Å². The second-order valence-electron chi connectivity index (χ2n) is 4.64. The summed E-state index contributed by atoms with van der Waals surface area (Å²) in [6.45, 7) is 0. The molecule has 0 fully saturated rings. The summed E-state index contributed by atoms with van der Waals surface area (Å²) in [5.74, 6) is -0.636. The molecule has 0 aliphatic carbocycles. The molecule has 0 aliphatic heterocycles. The first kappa shape index (κ1) is 15.8. The molecule has 21 heavy (non-hydrogen) atoms. The number of nitrogens with zero attached hydrogens (tertiary/aromatic N) is 1. The summed E-state index contributed by atoms with van der Waals surface area (Å²) < 4.78 is 13.1. The number of halogens is 3. The Morgan fingerprint density at radius 2 is 1.57 bits per heavy atom. The highest BCUT2D eigenvalue weighted by molar-refractivity contribution is 6.30. The van der Waals surface area contributed by atoms with Crippen LogP contribution in [0.15, 0.2) is 48.5 Å². The van der Waals surface area contributed by atoms with E-state index in [0.29, 0.717) is 5.02 Å². The van der Waals surface area contributed by atoms with Gasteiger partial charge in [0.1, 0.15) is 11.7 Å². The molecular weight excluding hydrogens is 312 g/mol. The summed E-state index contributed by atoms with van der Waals surface area (Å²) in [6, 6.07) is 12.9. The SMILES string of the molecule is CN(C(=O)CCl)C(c1ccc(F)cc1)c1ccc(Cl)cc1. The van der Waals surface area contributed by atoms with Crippen LogP contribution in [0.5, 0.6) is 0 Å². The maximum absolute atomic E-state index is 13.1. The monoisotopic (exact) mass is 325 g/mol. The van der Waals surface area contributed by atoms with Crippen LogP contribution in [0.4, 0.5) is 4.39 Å². The van der Waals surface area contributed by atoms with Crippen molar-refractivity contribution in [1.82, 2.24) is 4.90 Å². The standard InChI is InChI=1S/C16H14Cl2FNO/c1-20(15(21)10-17)16(11-2-6-13(18)7-3-11)12-4-8-14(19)9-5-12/h2-9,16H,10H2,1H3. The van der Waals surface area contributed by atoms with E-state index in [2.05, 4.69) is 0 Å². The minimum atomic E-state index is -0.339. The normalized spacial score (nSPS) is 12.0. The second kappa shape index (κ2) is 6.92. The van der Waals surface area contributed by atoms with Gasteiger partial charge in [-0.25, -0.2) is 4.39 Å². The van der Waals surface area contributed by atoms with Crippen LogP contribution in [-0.2, 0) is 4.79 Å². The summed E-state index contributed by atoms with van der Waals surface area (Å²) in [4.78, 5) is 13.5. The summed E-state index contributed by atoms with van der Waals surface area (Å²) >= 11 is 11.5. The first-order valence-electron chi connectivity index (χ1n) is 6.35. The topological polar surface area (TPSA) is 20.3 Å². The highest BCUT2D eigenvalue weighted by Gasteiger charge is 2.23. The van der Waals surface area contributed by atoms with Gasteiger partial charge in [-0.1, -0.05) is 35.9 Å². The van der Waals surface area contributed by atoms with Crippen molar-refractivity contribution in [1.29, 1.82) is 0 Å². The van der Waals surface area contributed by atoms with Gasteiger partial charge in [0, 0.05) is 12.1 Å². The van der Waals surface area contributed by atoms with Crippen LogP contribution in [0.1, 0.15) is 17.2 Å². The average Bonchev–Trinajstić information content (AvgIpc) is 2.50. The lowest BCUT2D eigenvalue weighted by Gasteiger charge is -2.28. The summed E-state index contributed by atoms with van der Waals surface area (Å²) in [5.41, 5.74) is 1.69. The molecule has 0 radical (unpaired) electrons. The molecule has 0 saturated carbocycles. The van der Waals surface area contributed by atoms with Gasteiger partial charge in [-0.05, 0) is 35.4 Å². The Kier molecular flexibility index (Phi) is 5.21. The predicted octanol–water partition coefficient (Wildman–Crippen LogP) is 4.27. The molecule has 1 unspecified atom stereocenters. The van der Waals surface area contributed by atoms with E-state index in [9.17, 15) is 9.18 Å². The average molecular weight is 326 g/mol. The van der Waals surface area contributed by atoms with Crippen molar-refractivity contribution >= 4 is 29.1 Å². The molecule has 110 valence electrons. The first-order chi connectivity index (χ1) is 10.0. The van der Waals surface area contributed by atoms with Crippen LogP contribution in [0, 0.1) is 5.82 Å². The maximum Gasteiger partial charge on any atom is 0.238 e. The first-order valence-corrected chi connectivity index (χ1v) is 7.26. The Morgan fingerprint density at radius 3 is 2.05 bits per heavy atom. The Balaban J connectivity index is 2.45. The molecule has 0 N–H and O–H groups in total. The third-order valence-electron chi connectivity index (χ3n) is 3.27. The number of carbonyl (C=O) groups is 1. The van der Waals surface area contributed by atoms with Crippen LogP contribution in [0.3, 0.4) is 0 Å². The molecule has 0 bridgehead atoms. The number of benzene rings is 2. The van der Waals surface area contributed by atoms with Crippen molar-refractivity contribution in [2.45, 2.75) is 6.04 Å². The molecule has 2 aromatic carbocycles. The molecular formula is C16H14Cl2FNO. The maximum atomic E-state index is 13.1. The highest BCUT2D eigenvalue weighted by Crippen LogP contribution is 2.29. The zero-order chi connectivity index (χ0) is 15.4. The number of amides is 1. The van der Waals surface area contributed by atoms with E-state index in [0.717, 1.165) is 11.1 Å². The zero-order valence-electron chi connectivity index (χ0n) is 11.4. The van der Waals surface area contributed by atoms with Gasteiger partial charge in [0.15, 0.2) is 0 Å². The Labute approximate surface area is 133 Å². The third-order valence-corrected chi connectivity index (χ3v) is 3.75. The van der Waals surface area contributed by atoms with Crippen molar-refractivity contribution in [3.05, 3.63) is 70.5 Å². The van der Waals surface area contributed by atoms with Crippen LogP contribution < -0.4 is 0 Å². The molecule has 0 spiro atoms. The fourth-order valence-corrected chi connectivity index (χ4v) is 2.48. The van der Waals surface area contributed by atoms with Gasteiger partial charge in [0.25, 0.3) is 0 Å². The smallest absolute Gasteiger partial charge is 0.238 e. The van der Waals surface area contributed by atoms with Gasteiger partial charge < -0.3 is 4.90 Å². The lowest BCUT2D eigenvalue weighted by Crippen LogP contribution is -2.32. The number of hydrogen-bond acceptors (Lipinski definition) is 1. The molecule has 0 aliphatic rings. The Morgan fingerprint density at radius 1 is 1.10 bits per heavy atom. The van der Waals surface area contributed by atoms with Gasteiger partial charge in [-0.15, -0.1) is 11.6 Å². The molecule has 0 saturated heterocycles. The molecule has 0 heterocycles. The third kappa shape index (κ3) is 3.74. The van der Waals surface area contributed by atoms with E-state index in [4.69, 9.17) is 23.2 Å². The van der Waals surface area contributed by atoms with Crippen LogP contribution in [-0.4, -0.2) is 23.7 Å². The van der Waals surface area contributed by atoms with Gasteiger partial charge in [-0.2, -0.15) is 0 Å². The minimum Gasteiger partial charge on any atom is -0.334 e. The van der Waals surface area contributed by atoms with Crippen molar-refractivity contribution in [2.24, 2.45) is 0 Å². The van der Waals surface area contributed by atoms with Crippen LogP contribution >= 0.6 is 23.2 Å². The summed E-state index contributed by atoms with van der Waals surface area (Å²) in [5, 5.41) is 0.614. The lowest BCUT2D eigenvalue weighted by atomic mass is 9.97. The molecule has 2 rings (SSSR count). The Hall–Kier alpha value is -1.58. The number of rotatable bonds is 4. The number of alkyl halides is 1. The number of carbonyl (C=O) groups excluding carboxylic acids is 1. The summed E-state index contributed by atoms with van der Waals surface area (Å²) in [6.07, 6.45) is 0. The van der Waals surface area contributed by atoms with Crippen LogP contribution in [0.25, 0.3) is 0 Å². The molecule has 1 atom stereocenters. The highest BCUT2D eigenvalue weighted by atomic mass is 35.5. The second-order valence-corrected chi connectivity index (χ2v) is 5.35. The number of hydrogen-bond donors (Lipinski definition) is 0. The van der Waals surface area contributed by atoms with Crippen molar-refractivity contribution in [3.8, 4) is 0 Å². The van der Waals surface area contributed by atoms with Crippen molar-refractivity contribution < 1.29 is 9.18 Å². The molecule has 0 aromatic heterocycles. The van der Waals surface area contributed by atoms with Crippen molar-refractivity contribution in [3.63, 3.8) is 0 Å². The minimum absolute atomic E-state index is 0.109. The molecule has 2 aromatic rings. The van der Waals surface area contributed by atoms with E-state index < -0.39 is 0 Å². The Bertz CT molecular complexity index is 568. The van der Waals surface area contributed by atoms with E-state index in [1.54, 1.807) is 36.2 Å². The van der Waals surface area contributed by atoms with E-state index in [1.165, 1.54) is 12.1 Å². The largest absolute Gasteiger partial charge is 0.334 e. The van der Waals surface area contributed by atoms with E-state index in [1.807, 2.05) is 12.1 Å². The fourth-order valence-electron chi connectivity index (χ4n) is 2.17. The van der Waals surface area contributed by atoms with E-state index in [-0.39, 0.29) is 23.6 Å². The molecule has 5 heteroatoms. The van der Waals surface area contributed by atoms with Gasteiger partial charge in [0.2, 0.25) is 5.91 Å². The molecule has 1 amide bonds.